The Morgan fingerprint density at radius 2 is 1.89 bits per heavy atom. The number of fused-ring (bicyclic) bond motifs is 2. The van der Waals surface area contributed by atoms with Gasteiger partial charge in [-0.25, -0.2) is 4.98 Å². The van der Waals surface area contributed by atoms with Gasteiger partial charge in [-0.15, -0.1) is 22.7 Å². The van der Waals surface area contributed by atoms with Crippen LogP contribution < -0.4 is 4.74 Å². The third-order valence-electron chi connectivity index (χ3n) is 6.32. The minimum absolute atomic E-state index is 0.0815. The number of benzene rings is 1. The lowest BCUT2D eigenvalue weighted by Gasteiger charge is -2.32. The van der Waals surface area contributed by atoms with E-state index in [1.54, 1.807) is 17.5 Å². The number of nitrogens with one attached hydrogen (secondary N) is 1. The Balaban J connectivity index is 1.29. The molecule has 0 saturated carbocycles. The molecular weight excluding hydrogens is 478 g/mol. The largest absolute Gasteiger partial charge is 0.456 e. The topological polar surface area (TPSA) is 74.4 Å². The van der Waals surface area contributed by atoms with Crippen LogP contribution in [0.3, 0.4) is 0 Å². The van der Waals surface area contributed by atoms with Gasteiger partial charge in [-0.2, -0.15) is 0 Å². The second kappa shape index (κ2) is 8.75. The molecule has 1 saturated heterocycles. The van der Waals surface area contributed by atoms with E-state index in [2.05, 4.69) is 28.0 Å². The van der Waals surface area contributed by atoms with Crippen molar-refractivity contribution in [3.05, 3.63) is 58.9 Å². The van der Waals surface area contributed by atoms with Crippen LogP contribution in [0, 0.1) is 13.8 Å². The van der Waals surface area contributed by atoms with Crippen molar-refractivity contribution in [1.82, 2.24) is 24.8 Å². The number of piperazine rings is 1. The minimum Gasteiger partial charge on any atom is -0.456 e. The lowest BCUT2D eigenvalue weighted by atomic mass is 10.2. The number of carbonyl (C=O) groups is 1. The Morgan fingerprint density at radius 3 is 2.71 bits per heavy atom. The first-order valence-corrected chi connectivity index (χ1v) is 13.2. The smallest absolute Gasteiger partial charge is 0.265 e. The zero-order valence-electron chi connectivity index (χ0n) is 19.8. The van der Waals surface area contributed by atoms with Gasteiger partial charge in [0.25, 0.3) is 5.91 Å². The summed E-state index contributed by atoms with van der Waals surface area (Å²) in [4.78, 5) is 31.7. The molecular formula is C26H25N5O2S2. The van der Waals surface area contributed by atoms with Crippen LogP contribution in [-0.4, -0.2) is 63.9 Å². The first kappa shape index (κ1) is 22.2. The predicted molar refractivity (Wildman–Crippen MR) is 142 cm³/mol. The molecule has 1 aromatic carbocycles. The molecule has 0 aliphatic carbocycles. The highest BCUT2D eigenvalue weighted by atomic mass is 32.1. The van der Waals surface area contributed by atoms with Gasteiger partial charge in [-0.3, -0.25) is 9.78 Å². The Labute approximate surface area is 211 Å². The first-order chi connectivity index (χ1) is 16.9. The van der Waals surface area contributed by atoms with Gasteiger partial charge in [0.2, 0.25) is 0 Å². The maximum absolute atomic E-state index is 13.1. The number of aryl methyl sites for hydroxylation is 2. The molecule has 4 aromatic heterocycles. The van der Waals surface area contributed by atoms with Gasteiger partial charge in [0, 0.05) is 55.0 Å². The average molecular weight is 504 g/mol. The van der Waals surface area contributed by atoms with Crippen molar-refractivity contribution in [3.8, 4) is 21.4 Å². The Bertz CT molecular complexity index is 1560. The summed E-state index contributed by atoms with van der Waals surface area (Å²) in [7, 11) is 2.09. The van der Waals surface area contributed by atoms with Gasteiger partial charge in [0.05, 0.1) is 20.8 Å². The van der Waals surface area contributed by atoms with Crippen molar-refractivity contribution in [2.24, 2.45) is 0 Å². The normalized spacial score (nSPS) is 14.8. The van der Waals surface area contributed by atoms with E-state index in [1.807, 2.05) is 49.1 Å². The van der Waals surface area contributed by atoms with Crippen LogP contribution in [0.5, 0.6) is 11.5 Å². The number of thiophene rings is 1. The summed E-state index contributed by atoms with van der Waals surface area (Å²) >= 11 is 3.06. The molecule has 0 spiro atoms. The molecule has 0 radical (unpaired) electrons. The maximum atomic E-state index is 13.1. The highest BCUT2D eigenvalue weighted by molar-refractivity contribution is 7.26. The van der Waals surface area contributed by atoms with Crippen molar-refractivity contribution in [1.29, 1.82) is 0 Å². The quantitative estimate of drug-likeness (QED) is 0.341. The summed E-state index contributed by atoms with van der Waals surface area (Å²) in [5.41, 5.74) is 3.86. The Hall–Kier alpha value is -3.27. The van der Waals surface area contributed by atoms with Gasteiger partial charge in [-0.1, -0.05) is 0 Å². The zero-order valence-corrected chi connectivity index (χ0v) is 21.4. The lowest BCUT2D eigenvalue weighted by Crippen LogP contribution is -2.47. The van der Waals surface area contributed by atoms with Gasteiger partial charge in [0.1, 0.15) is 21.4 Å². The van der Waals surface area contributed by atoms with Crippen molar-refractivity contribution in [3.63, 3.8) is 0 Å². The monoisotopic (exact) mass is 503 g/mol. The Kier molecular flexibility index (Phi) is 5.55. The number of rotatable bonds is 4. The number of hydrogen-bond acceptors (Lipinski definition) is 7. The van der Waals surface area contributed by atoms with Crippen LogP contribution in [0.1, 0.15) is 21.1 Å². The number of likely N-dealkylation sites (N-methyl/N-ethyl adjacent to an activating group) is 1. The first-order valence-electron chi connectivity index (χ1n) is 11.6. The Morgan fingerprint density at radius 1 is 1.06 bits per heavy atom. The molecule has 0 unspecified atom stereocenters. The van der Waals surface area contributed by atoms with E-state index in [0.717, 1.165) is 84.9 Å². The highest BCUT2D eigenvalue weighted by Gasteiger charge is 2.25. The van der Waals surface area contributed by atoms with E-state index in [9.17, 15) is 4.79 Å². The number of hydrogen-bond donors (Lipinski definition) is 1. The number of ether oxygens (including phenoxy) is 1. The number of amides is 1. The minimum atomic E-state index is 0.0815. The number of aromatic nitrogens is 3. The number of carbonyl (C=O) groups excluding carboxylic acids is 1. The van der Waals surface area contributed by atoms with Crippen LogP contribution in [0.2, 0.25) is 0 Å². The number of thiazole rings is 1. The molecule has 1 fully saturated rings. The molecule has 1 N–H and O–H groups in total. The van der Waals surface area contributed by atoms with Crippen LogP contribution in [0.25, 0.3) is 31.0 Å². The number of aromatic amines is 1. The fraction of sp³-hybridized carbons (Fsp3) is 0.269. The van der Waals surface area contributed by atoms with E-state index >= 15 is 0 Å². The molecule has 6 rings (SSSR count). The second-order valence-corrected chi connectivity index (χ2v) is 11.0. The van der Waals surface area contributed by atoms with Crippen LogP contribution in [0.15, 0.2) is 42.6 Å². The highest BCUT2D eigenvalue weighted by Crippen LogP contribution is 2.41. The van der Waals surface area contributed by atoms with Gasteiger partial charge < -0.3 is 19.5 Å². The molecule has 5 heterocycles. The molecule has 7 nitrogen and oxygen atoms in total. The SMILES string of the molecule is Cc1cc2cc(Oc3ccnc4cc(-c5nc(C)c(C(=O)N6CCN(C)CC6)s5)sc34)ccc2[nH]1. The summed E-state index contributed by atoms with van der Waals surface area (Å²) in [6.07, 6.45) is 1.77. The summed E-state index contributed by atoms with van der Waals surface area (Å²) in [6.45, 7) is 7.27. The van der Waals surface area contributed by atoms with Crippen molar-refractivity contribution in [2.45, 2.75) is 13.8 Å². The number of H-pyrrole nitrogens is 1. The molecule has 1 amide bonds. The molecule has 5 aromatic rings. The van der Waals surface area contributed by atoms with Crippen LogP contribution in [0.4, 0.5) is 0 Å². The maximum Gasteiger partial charge on any atom is 0.265 e. The molecule has 1 aliphatic rings. The summed E-state index contributed by atoms with van der Waals surface area (Å²) in [5, 5.41) is 1.96. The summed E-state index contributed by atoms with van der Waals surface area (Å²) in [5.74, 6) is 1.63. The van der Waals surface area contributed by atoms with E-state index in [4.69, 9.17) is 9.72 Å². The van der Waals surface area contributed by atoms with E-state index < -0.39 is 0 Å². The summed E-state index contributed by atoms with van der Waals surface area (Å²) < 4.78 is 7.25. The molecule has 0 bridgehead atoms. The zero-order chi connectivity index (χ0) is 24.1. The van der Waals surface area contributed by atoms with Gasteiger partial charge in [0.15, 0.2) is 0 Å². The van der Waals surface area contributed by atoms with Gasteiger partial charge >= 0.3 is 0 Å². The number of pyridine rings is 1. The van der Waals surface area contributed by atoms with Crippen molar-refractivity contribution >= 4 is 49.7 Å². The molecule has 0 atom stereocenters. The summed E-state index contributed by atoms with van der Waals surface area (Å²) in [6, 6.07) is 12.1. The molecule has 35 heavy (non-hydrogen) atoms. The third-order valence-corrected chi connectivity index (χ3v) is 8.78. The molecule has 178 valence electrons. The molecule has 1 aliphatic heterocycles. The lowest BCUT2D eigenvalue weighted by molar-refractivity contribution is 0.0668. The van der Waals surface area contributed by atoms with Crippen LogP contribution in [-0.2, 0) is 0 Å². The van der Waals surface area contributed by atoms with Crippen molar-refractivity contribution in [2.75, 3.05) is 33.2 Å². The predicted octanol–water partition coefficient (Wildman–Crippen LogP) is 5.70. The standard InChI is InChI=1S/C26H25N5O2S2/c1-15-12-17-13-18(4-5-19(17)28-15)33-21-6-7-27-20-14-22(34-24(20)21)25-29-16(2)23(35-25)26(32)31-10-8-30(3)9-11-31/h4-7,12-14,28H,8-11H2,1-3H3. The van der Waals surface area contributed by atoms with Crippen LogP contribution >= 0.6 is 22.7 Å². The fourth-order valence-electron chi connectivity index (χ4n) is 4.40. The van der Waals surface area contributed by atoms with E-state index in [-0.39, 0.29) is 5.91 Å². The molecule has 9 heteroatoms. The van der Waals surface area contributed by atoms with Gasteiger partial charge in [-0.05, 0) is 51.2 Å². The van der Waals surface area contributed by atoms with E-state index in [0.29, 0.717) is 0 Å². The second-order valence-electron chi connectivity index (χ2n) is 8.97. The van der Waals surface area contributed by atoms with E-state index in [1.165, 1.54) is 11.3 Å². The number of nitrogens with zero attached hydrogens (tertiary/aromatic N) is 4. The fourth-order valence-corrected chi connectivity index (χ4v) is 6.55. The third kappa shape index (κ3) is 4.20. The van der Waals surface area contributed by atoms with Crippen molar-refractivity contribution < 1.29 is 9.53 Å². The average Bonchev–Trinajstić information content (AvgIpc) is 3.54.